The van der Waals surface area contributed by atoms with E-state index in [1.807, 2.05) is 36.5 Å². The lowest BCUT2D eigenvalue weighted by atomic mass is 10.1. The molecule has 2 rings (SSSR count). The molecule has 3 nitrogen and oxygen atoms in total. The largest absolute Gasteiger partial charge is 0.392 e. The van der Waals surface area contributed by atoms with Crippen molar-refractivity contribution < 1.29 is 0 Å². The fourth-order valence-electron chi connectivity index (χ4n) is 2.25. The molecule has 0 saturated heterocycles. The molecule has 0 fully saturated rings. The van der Waals surface area contributed by atoms with Crippen LogP contribution in [0.2, 0.25) is 0 Å². The van der Waals surface area contributed by atoms with E-state index >= 15 is 0 Å². The van der Waals surface area contributed by atoms with E-state index in [9.17, 15) is 0 Å². The van der Waals surface area contributed by atoms with Crippen molar-refractivity contribution in [1.29, 1.82) is 0 Å². The van der Waals surface area contributed by atoms with E-state index in [4.69, 9.17) is 18.0 Å². The predicted octanol–water partition coefficient (Wildman–Crippen LogP) is 2.86. The Kier molecular flexibility index (Phi) is 4.71. The highest BCUT2D eigenvalue weighted by Crippen LogP contribution is 2.21. The van der Waals surface area contributed by atoms with E-state index in [2.05, 4.69) is 28.9 Å². The van der Waals surface area contributed by atoms with Gasteiger partial charge in [0.2, 0.25) is 0 Å². The summed E-state index contributed by atoms with van der Waals surface area (Å²) in [5, 5.41) is 0. The molecule has 0 saturated carbocycles. The van der Waals surface area contributed by atoms with Gasteiger partial charge in [-0.3, -0.25) is 4.90 Å². The highest BCUT2D eigenvalue weighted by atomic mass is 32.1. The van der Waals surface area contributed by atoms with Crippen LogP contribution in [0.25, 0.3) is 0 Å². The first-order valence-corrected chi connectivity index (χ1v) is 6.83. The Morgan fingerprint density at radius 1 is 1.26 bits per heavy atom. The Morgan fingerprint density at radius 2 is 2.00 bits per heavy atom. The molecule has 1 atom stereocenters. The minimum Gasteiger partial charge on any atom is -0.392 e. The zero-order valence-electron chi connectivity index (χ0n) is 11.0. The first-order valence-electron chi connectivity index (χ1n) is 6.43. The fraction of sp³-hybridized carbons (Fsp3) is 0.267. The van der Waals surface area contributed by atoms with Crippen molar-refractivity contribution in [2.75, 3.05) is 6.54 Å². The normalized spacial score (nSPS) is 12.5. The second-order valence-electron chi connectivity index (χ2n) is 4.48. The molecule has 0 radical (unpaired) electrons. The van der Waals surface area contributed by atoms with E-state index in [1.54, 1.807) is 0 Å². The smallest absolute Gasteiger partial charge is 0.101 e. The molecule has 100 valence electrons. The minimum absolute atomic E-state index is 0.0461. The molecule has 1 aromatic heterocycles. The Labute approximate surface area is 119 Å². The molecular formula is C15H19N3S. The summed E-state index contributed by atoms with van der Waals surface area (Å²) in [4.78, 5) is 5.98. The number of hydrogen-bond donors (Lipinski definition) is 2. The van der Waals surface area contributed by atoms with Crippen molar-refractivity contribution in [1.82, 2.24) is 9.88 Å². The van der Waals surface area contributed by atoms with Gasteiger partial charge in [0.15, 0.2) is 0 Å². The van der Waals surface area contributed by atoms with Crippen LogP contribution in [0.3, 0.4) is 0 Å². The zero-order valence-corrected chi connectivity index (χ0v) is 11.9. The Balaban J connectivity index is 2.21. The predicted molar refractivity (Wildman–Crippen MR) is 82.8 cm³/mol. The molecule has 19 heavy (non-hydrogen) atoms. The summed E-state index contributed by atoms with van der Waals surface area (Å²) in [6, 6.07) is 14.3. The average Bonchev–Trinajstić information content (AvgIpc) is 2.92. The SMILES string of the molecule is CCN(Cc1ccccc1)C(C(N)=S)c1ccc[nH]1. The maximum Gasteiger partial charge on any atom is 0.101 e. The Bertz CT molecular complexity index is 507. The molecule has 2 aromatic rings. The quantitative estimate of drug-likeness (QED) is 0.796. The van der Waals surface area contributed by atoms with Gasteiger partial charge in [0, 0.05) is 18.4 Å². The number of thiocarbonyl (C=S) groups is 1. The lowest BCUT2D eigenvalue weighted by Gasteiger charge is -2.29. The fourth-order valence-corrected chi connectivity index (χ4v) is 2.52. The minimum atomic E-state index is -0.0461. The van der Waals surface area contributed by atoms with Crippen LogP contribution in [0.15, 0.2) is 48.7 Å². The topological polar surface area (TPSA) is 45.0 Å². The van der Waals surface area contributed by atoms with Gasteiger partial charge in [0.1, 0.15) is 6.04 Å². The number of nitrogens with two attached hydrogens (primary N) is 1. The average molecular weight is 273 g/mol. The summed E-state index contributed by atoms with van der Waals surface area (Å²) in [7, 11) is 0. The molecule has 0 aliphatic rings. The van der Waals surface area contributed by atoms with Crippen molar-refractivity contribution in [3.8, 4) is 0 Å². The molecule has 0 bridgehead atoms. The molecular weight excluding hydrogens is 254 g/mol. The molecule has 0 spiro atoms. The van der Waals surface area contributed by atoms with E-state index in [1.165, 1.54) is 5.56 Å². The van der Waals surface area contributed by atoms with Crippen molar-refractivity contribution in [3.05, 3.63) is 59.9 Å². The second kappa shape index (κ2) is 6.50. The monoisotopic (exact) mass is 273 g/mol. The number of nitrogens with zero attached hydrogens (tertiary/aromatic N) is 1. The second-order valence-corrected chi connectivity index (χ2v) is 4.95. The molecule has 1 unspecified atom stereocenters. The highest BCUT2D eigenvalue weighted by Gasteiger charge is 2.22. The van der Waals surface area contributed by atoms with E-state index in [-0.39, 0.29) is 6.04 Å². The number of aromatic amines is 1. The van der Waals surface area contributed by atoms with Crippen molar-refractivity contribution in [2.24, 2.45) is 5.73 Å². The van der Waals surface area contributed by atoms with Crippen molar-refractivity contribution in [2.45, 2.75) is 19.5 Å². The molecule has 3 N–H and O–H groups in total. The number of H-pyrrole nitrogens is 1. The standard InChI is InChI=1S/C15H19N3S/c1-2-18(11-12-7-4-3-5-8-12)14(15(16)19)13-9-6-10-17-13/h3-10,14,17H,2,11H2,1H3,(H2,16,19). The highest BCUT2D eigenvalue weighted by molar-refractivity contribution is 7.80. The molecule has 1 aromatic carbocycles. The number of hydrogen-bond acceptors (Lipinski definition) is 2. The van der Waals surface area contributed by atoms with Crippen LogP contribution in [-0.2, 0) is 6.54 Å². The van der Waals surface area contributed by atoms with Gasteiger partial charge in [-0.1, -0.05) is 49.5 Å². The number of nitrogens with one attached hydrogen (secondary N) is 1. The number of rotatable bonds is 6. The molecule has 1 heterocycles. The van der Waals surface area contributed by atoms with Crippen LogP contribution in [0, 0.1) is 0 Å². The maximum absolute atomic E-state index is 5.93. The summed E-state index contributed by atoms with van der Waals surface area (Å²) in [6.07, 6.45) is 1.90. The number of benzene rings is 1. The summed E-state index contributed by atoms with van der Waals surface area (Å²) in [5.41, 5.74) is 8.24. The van der Waals surface area contributed by atoms with E-state index < -0.39 is 0 Å². The first kappa shape index (κ1) is 13.8. The van der Waals surface area contributed by atoms with Crippen LogP contribution in [0.5, 0.6) is 0 Å². The van der Waals surface area contributed by atoms with E-state index in [0.717, 1.165) is 18.8 Å². The van der Waals surface area contributed by atoms with Gasteiger partial charge >= 0.3 is 0 Å². The number of likely N-dealkylation sites (N-methyl/N-ethyl adjacent to an activating group) is 1. The number of aromatic nitrogens is 1. The van der Waals surface area contributed by atoms with Gasteiger partial charge in [-0.2, -0.15) is 0 Å². The summed E-state index contributed by atoms with van der Waals surface area (Å²) in [6.45, 7) is 3.84. The van der Waals surface area contributed by atoms with Crippen LogP contribution in [0.1, 0.15) is 24.2 Å². The maximum atomic E-state index is 5.93. The summed E-state index contributed by atoms with van der Waals surface area (Å²) < 4.78 is 0. The van der Waals surface area contributed by atoms with Gasteiger partial charge in [-0.05, 0) is 24.2 Å². The van der Waals surface area contributed by atoms with Gasteiger partial charge in [0.25, 0.3) is 0 Å². The Hall–Kier alpha value is -1.65. The lowest BCUT2D eigenvalue weighted by Crippen LogP contribution is -2.36. The van der Waals surface area contributed by atoms with Crippen LogP contribution >= 0.6 is 12.2 Å². The van der Waals surface area contributed by atoms with Crippen LogP contribution in [0.4, 0.5) is 0 Å². The molecule has 0 aliphatic carbocycles. The van der Waals surface area contributed by atoms with Gasteiger partial charge in [-0.15, -0.1) is 0 Å². The summed E-state index contributed by atoms with van der Waals surface area (Å²) >= 11 is 5.24. The lowest BCUT2D eigenvalue weighted by molar-refractivity contribution is 0.246. The van der Waals surface area contributed by atoms with Crippen molar-refractivity contribution >= 4 is 17.2 Å². The van der Waals surface area contributed by atoms with Crippen LogP contribution in [-0.4, -0.2) is 21.4 Å². The van der Waals surface area contributed by atoms with E-state index in [0.29, 0.717) is 4.99 Å². The van der Waals surface area contributed by atoms with Gasteiger partial charge in [-0.25, -0.2) is 0 Å². The third-order valence-corrected chi connectivity index (χ3v) is 3.41. The third kappa shape index (κ3) is 3.43. The van der Waals surface area contributed by atoms with Crippen molar-refractivity contribution in [3.63, 3.8) is 0 Å². The van der Waals surface area contributed by atoms with Gasteiger partial charge in [0.05, 0.1) is 4.99 Å². The Morgan fingerprint density at radius 3 is 2.53 bits per heavy atom. The van der Waals surface area contributed by atoms with Crippen LogP contribution < -0.4 is 5.73 Å². The molecule has 0 aliphatic heterocycles. The first-order chi connectivity index (χ1) is 9.22. The summed E-state index contributed by atoms with van der Waals surface area (Å²) in [5.74, 6) is 0. The molecule has 4 heteroatoms. The third-order valence-electron chi connectivity index (χ3n) is 3.19. The zero-order chi connectivity index (χ0) is 13.7. The molecule has 0 amide bonds. The van der Waals surface area contributed by atoms with Gasteiger partial charge < -0.3 is 10.7 Å².